The monoisotopic (exact) mass is 546 g/mol. The molecule has 12 heteroatoms. The van der Waals surface area contributed by atoms with E-state index < -0.39 is 12.2 Å². The largest absolute Gasteiger partial charge is 0.444 e. The summed E-state index contributed by atoms with van der Waals surface area (Å²) in [5.41, 5.74) is 3.03. The van der Waals surface area contributed by atoms with Gasteiger partial charge in [-0.1, -0.05) is 0 Å². The molecule has 0 saturated carbocycles. The third-order valence-corrected chi connectivity index (χ3v) is 7.29. The molecule has 6 heterocycles. The van der Waals surface area contributed by atoms with Gasteiger partial charge in [0.15, 0.2) is 0 Å². The minimum atomic E-state index is -2.75. The van der Waals surface area contributed by atoms with E-state index in [2.05, 4.69) is 21.2 Å². The Labute approximate surface area is 229 Å². The first-order chi connectivity index (χ1) is 19.1. The van der Waals surface area contributed by atoms with Gasteiger partial charge in [-0.15, -0.1) is 0 Å². The highest BCUT2D eigenvalue weighted by molar-refractivity contribution is 5.87. The van der Waals surface area contributed by atoms with Gasteiger partial charge in [0.1, 0.15) is 17.5 Å². The third kappa shape index (κ3) is 4.72. The number of nitriles is 1. The minimum Gasteiger partial charge on any atom is -0.444 e. The second kappa shape index (κ2) is 9.59. The van der Waals surface area contributed by atoms with Crippen LogP contribution in [0.5, 0.6) is 0 Å². The molecule has 1 amide bonds. The van der Waals surface area contributed by atoms with E-state index in [1.54, 1.807) is 16.9 Å². The second-order valence-electron chi connectivity index (χ2n) is 11.3. The van der Waals surface area contributed by atoms with Gasteiger partial charge in [-0.05, 0) is 51.3 Å². The molecule has 10 nitrogen and oxygen atoms in total. The Balaban J connectivity index is 1.29. The third-order valence-electron chi connectivity index (χ3n) is 7.29. The summed E-state index contributed by atoms with van der Waals surface area (Å²) in [6.07, 6.45) is 8.23. The van der Waals surface area contributed by atoms with Crippen LogP contribution >= 0.6 is 0 Å². The van der Waals surface area contributed by atoms with E-state index >= 15 is 0 Å². The molecule has 0 N–H and O–H groups in total. The van der Waals surface area contributed by atoms with Gasteiger partial charge in [-0.25, -0.2) is 19.0 Å². The van der Waals surface area contributed by atoms with Gasteiger partial charge >= 0.3 is 12.6 Å². The highest BCUT2D eigenvalue weighted by atomic mass is 19.3. The second-order valence-corrected chi connectivity index (χ2v) is 11.3. The molecule has 0 aromatic carbocycles. The van der Waals surface area contributed by atoms with Crippen molar-refractivity contribution in [2.24, 2.45) is 5.92 Å². The fourth-order valence-electron chi connectivity index (χ4n) is 5.60. The summed E-state index contributed by atoms with van der Waals surface area (Å²) in [5, 5.41) is 17.7. The van der Waals surface area contributed by atoms with Crippen LogP contribution in [0.1, 0.15) is 39.3 Å². The first kappa shape index (κ1) is 25.7. The number of likely N-dealkylation sites (tertiary alicyclic amines) is 1. The van der Waals surface area contributed by atoms with Gasteiger partial charge in [0, 0.05) is 60.5 Å². The molecule has 0 aliphatic carbocycles. The standard InChI is InChI=1S/C28H28F2N8O2/c1-28(2,3)40-27(39)36-13-17-6-22(36)16-35(12-17)24-5-4-18(9-32-24)23-7-19(21-11-34-38(15-21)26(29)30)14-37-25(23)20(8-31)10-33-37/h4-5,7,9-11,14-15,17,22,26H,6,12-13,16H2,1-3H3. The molecule has 2 unspecified atom stereocenters. The van der Waals surface area contributed by atoms with Crippen LogP contribution in [0.15, 0.2) is 49.2 Å². The average Bonchev–Trinajstić information content (AvgIpc) is 3.64. The van der Waals surface area contributed by atoms with Gasteiger partial charge in [-0.2, -0.15) is 24.2 Å². The van der Waals surface area contributed by atoms with Gasteiger partial charge in [0.2, 0.25) is 0 Å². The highest BCUT2D eigenvalue weighted by Gasteiger charge is 2.42. The van der Waals surface area contributed by atoms with Crippen molar-refractivity contribution < 1.29 is 18.3 Å². The molecule has 206 valence electrons. The fraction of sp³-hybridized carbons (Fsp3) is 0.393. The van der Waals surface area contributed by atoms with Crippen LogP contribution in [0.2, 0.25) is 0 Å². The summed E-state index contributed by atoms with van der Waals surface area (Å²) < 4.78 is 34.0. The number of alkyl halides is 2. The number of piperidine rings is 1. The molecule has 40 heavy (non-hydrogen) atoms. The topological polar surface area (TPSA) is 105 Å². The summed E-state index contributed by atoms with van der Waals surface area (Å²) >= 11 is 0. The lowest BCUT2D eigenvalue weighted by Crippen LogP contribution is -2.45. The number of hydrogen-bond acceptors (Lipinski definition) is 7. The number of rotatable bonds is 4. The maximum Gasteiger partial charge on any atom is 0.410 e. The molecular weight excluding hydrogens is 518 g/mol. The normalized spacial score (nSPS) is 18.9. The summed E-state index contributed by atoms with van der Waals surface area (Å²) in [5.74, 6) is 1.13. The van der Waals surface area contributed by atoms with Crippen molar-refractivity contribution >= 4 is 17.4 Å². The lowest BCUT2D eigenvalue weighted by molar-refractivity contribution is 0.0233. The van der Waals surface area contributed by atoms with Crippen LogP contribution in [-0.2, 0) is 4.74 Å². The van der Waals surface area contributed by atoms with E-state index in [1.165, 1.54) is 18.6 Å². The number of fused-ring (bicyclic) bond motifs is 3. The quantitative estimate of drug-likeness (QED) is 0.356. The van der Waals surface area contributed by atoms with Crippen LogP contribution in [0.3, 0.4) is 0 Å². The van der Waals surface area contributed by atoms with E-state index in [-0.39, 0.29) is 12.1 Å². The molecule has 2 bridgehead atoms. The van der Waals surface area contributed by atoms with E-state index in [0.717, 1.165) is 24.3 Å². The molecule has 2 aliphatic rings. The Morgan fingerprint density at radius 2 is 1.90 bits per heavy atom. The average molecular weight is 547 g/mol. The Kier molecular flexibility index (Phi) is 6.17. The number of amides is 1. The van der Waals surface area contributed by atoms with Crippen LogP contribution < -0.4 is 4.90 Å². The molecule has 2 fully saturated rings. The zero-order valence-electron chi connectivity index (χ0n) is 22.3. The van der Waals surface area contributed by atoms with Crippen LogP contribution in [0, 0.1) is 17.2 Å². The predicted octanol–water partition coefficient (Wildman–Crippen LogP) is 4.97. The van der Waals surface area contributed by atoms with Crippen LogP contribution in [0.25, 0.3) is 27.8 Å². The summed E-state index contributed by atoms with van der Waals surface area (Å²) in [6.45, 7) is 4.98. The van der Waals surface area contributed by atoms with Crippen LogP contribution in [0.4, 0.5) is 19.4 Å². The Morgan fingerprint density at radius 1 is 1.07 bits per heavy atom. The minimum absolute atomic E-state index is 0.0607. The summed E-state index contributed by atoms with van der Waals surface area (Å²) in [7, 11) is 0. The number of hydrogen-bond donors (Lipinski definition) is 0. The number of ether oxygens (including phenoxy) is 1. The molecule has 2 atom stereocenters. The number of aromatic nitrogens is 5. The van der Waals surface area contributed by atoms with Gasteiger partial charge in [-0.3, -0.25) is 0 Å². The maximum atomic E-state index is 13.1. The number of pyridine rings is 2. The van der Waals surface area contributed by atoms with Crippen LogP contribution in [-0.4, -0.2) is 66.6 Å². The molecule has 0 spiro atoms. The summed E-state index contributed by atoms with van der Waals surface area (Å²) in [4.78, 5) is 21.5. The van der Waals surface area contributed by atoms with Gasteiger partial charge < -0.3 is 14.5 Å². The zero-order chi connectivity index (χ0) is 28.2. The predicted molar refractivity (Wildman–Crippen MR) is 143 cm³/mol. The molecule has 0 radical (unpaired) electrons. The molecule has 6 rings (SSSR count). The van der Waals surface area contributed by atoms with Crippen molar-refractivity contribution in [3.8, 4) is 28.3 Å². The van der Waals surface area contributed by atoms with E-state index in [1.807, 2.05) is 43.9 Å². The number of nitrogens with zero attached hydrogens (tertiary/aromatic N) is 8. The van der Waals surface area contributed by atoms with Crippen molar-refractivity contribution in [2.45, 2.75) is 45.4 Å². The molecule has 2 saturated heterocycles. The SMILES string of the molecule is CC(C)(C)OC(=O)N1CC2CC1CN(c1ccc(-c3cc(-c4cnn(C(F)F)c4)cn4ncc(C#N)c34)cn1)C2. The van der Waals surface area contributed by atoms with Crippen molar-refractivity contribution in [2.75, 3.05) is 24.5 Å². The van der Waals surface area contributed by atoms with E-state index in [4.69, 9.17) is 9.72 Å². The van der Waals surface area contributed by atoms with E-state index in [0.29, 0.717) is 51.5 Å². The Morgan fingerprint density at radius 3 is 2.58 bits per heavy atom. The number of carbonyl (C=O) groups excluding carboxylic acids is 1. The van der Waals surface area contributed by atoms with Crippen molar-refractivity contribution in [1.82, 2.24) is 29.3 Å². The van der Waals surface area contributed by atoms with Crippen molar-refractivity contribution in [3.05, 3.63) is 54.7 Å². The lowest BCUT2D eigenvalue weighted by Gasteiger charge is -2.34. The first-order valence-electron chi connectivity index (χ1n) is 13.0. The highest BCUT2D eigenvalue weighted by Crippen LogP contribution is 2.35. The molecule has 4 aromatic rings. The Bertz CT molecular complexity index is 1620. The Hall–Kier alpha value is -4.53. The van der Waals surface area contributed by atoms with Crippen molar-refractivity contribution in [1.29, 1.82) is 5.26 Å². The number of anilines is 1. The van der Waals surface area contributed by atoms with Gasteiger partial charge in [0.05, 0.1) is 29.5 Å². The van der Waals surface area contributed by atoms with Crippen molar-refractivity contribution in [3.63, 3.8) is 0 Å². The zero-order valence-corrected chi connectivity index (χ0v) is 22.3. The fourth-order valence-corrected chi connectivity index (χ4v) is 5.60. The first-order valence-corrected chi connectivity index (χ1v) is 13.0. The number of carbonyl (C=O) groups is 1. The number of halogens is 2. The van der Waals surface area contributed by atoms with Gasteiger partial charge in [0.25, 0.3) is 0 Å². The molecule has 2 aliphatic heterocycles. The molecular formula is C28H28F2N8O2. The van der Waals surface area contributed by atoms with E-state index in [9.17, 15) is 18.8 Å². The maximum absolute atomic E-state index is 13.1. The molecule has 4 aromatic heterocycles. The summed E-state index contributed by atoms with van der Waals surface area (Å²) in [6, 6.07) is 7.93. The smallest absolute Gasteiger partial charge is 0.410 e. The lowest BCUT2D eigenvalue weighted by atomic mass is 9.99.